The molecule has 8 nitrogen and oxygen atoms in total. The van der Waals surface area contributed by atoms with Crippen LogP contribution in [0.1, 0.15) is 0 Å². The number of aromatic nitrogens is 3. The molecule has 0 aliphatic rings. The van der Waals surface area contributed by atoms with Crippen LogP contribution in [0, 0.1) is 0 Å². The fraction of sp³-hybridized carbons (Fsp3) is 0. The second kappa shape index (κ2) is 6.47. The molecule has 0 saturated heterocycles. The quantitative estimate of drug-likeness (QED) is 0.363. The summed E-state index contributed by atoms with van der Waals surface area (Å²) in [7, 11) is 0. The minimum absolute atomic E-state index is 0.290. The number of benzene rings is 3. The summed E-state index contributed by atoms with van der Waals surface area (Å²) in [6.07, 6.45) is 0. The van der Waals surface area contributed by atoms with Crippen LogP contribution < -0.4 is 22.3 Å². The Bertz CT molecular complexity index is 1370. The third kappa shape index (κ3) is 2.79. The lowest BCUT2D eigenvalue weighted by Crippen LogP contribution is -2.30. The van der Waals surface area contributed by atoms with E-state index in [1.165, 1.54) is 5.01 Å². The van der Waals surface area contributed by atoms with Gasteiger partial charge in [0.1, 0.15) is 11.2 Å². The maximum atomic E-state index is 12.2. The van der Waals surface area contributed by atoms with Gasteiger partial charge in [-0.1, -0.05) is 42.5 Å². The molecule has 142 valence electrons. The minimum Gasteiger partial charge on any atom is -0.422 e. The molecule has 0 aliphatic heterocycles. The molecule has 29 heavy (non-hydrogen) atoms. The molecule has 0 atom stereocenters. The summed E-state index contributed by atoms with van der Waals surface area (Å²) in [5.41, 5.74) is 3.15. The van der Waals surface area contributed by atoms with Crippen molar-refractivity contribution >= 4 is 33.6 Å². The standard InChI is InChI=1S/C21H16N6O2/c22-26(21-24-17-7-3-4-8-18(17)29-21)14-11-9-13(10-12-14)19-15-5-1-2-6-16(15)20(28)27(23)25-19/h1-12H,22-23H2. The van der Waals surface area contributed by atoms with Gasteiger partial charge in [-0.15, -0.1) is 9.89 Å². The Morgan fingerprint density at radius 3 is 2.34 bits per heavy atom. The van der Waals surface area contributed by atoms with Crippen LogP contribution in [-0.4, -0.2) is 14.9 Å². The van der Waals surface area contributed by atoms with Crippen molar-refractivity contribution < 1.29 is 4.42 Å². The number of nitrogens with zero attached hydrogens (tertiary/aromatic N) is 4. The molecule has 0 unspecified atom stereocenters. The highest BCUT2D eigenvalue weighted by molar-refractivity contribution is 5.94. The predicted molar refractivity (Wildman–Crippen MR) is 112 cm³/mol. The Balaban J connectivity index is 1.55. The molecule has 8 heteroatoms. The van der Waals surface area contributed by atoms with E-state index in [9.17, 15) is 4.79 Å². The third-order valence-electron chi connectivity index (χ3n) is 4.74. The number of fused-ring (bicyclic) bond motifs is 2. The largest absolute Gasteiger partial charge is 0.422 e. The van der Waals surface area contributed by atoms with E-state index in [-0.39, 0.29) is 11.6 Å². The number of hydrogen-bond acceptors (Lipinski definition) is 7. The molecule has 5 rings (SSSR count). The molecule has 0 spiro atoms. The van der Waals surface area contributed by atoms with Crippen LogP contribution >= 0.6 is 0 Å². The lowest BCUT2D eigenvalue weighted by atomic mass is 10.0. The van der Waals surface area contributed by atoms with Crippen molar-refractivity contribution in [2.24, 2.45) is 5.84 Å². The first kappa shape index (κ1) is 17.0. The zero-order valence-electron chi connectivity index (χ0n) is 15.2. The number of rotatable bonds is 3. The summed E-state index contributed by atoms with van der Waals surface area (Å²) in [4.78, 5) is 17.5. The number of nitrogens with two attached hydrogens (primary N) is 2. The van der Waals surface area contributed by atoms with Gasteiger partial charge in [-0.3, -0.25) is 4.79 Å². The summed E-state index contributed by atoms with van der Waals surface area (Å²) < 4.78 is 5.71. The lowest BCUT2D eigenvalue weighted by molar-refractivity contribution is 0.596. The SMILES string of the molecule is NN(c1ccc(-c2nn(N)c(=O)c3ccccc23)cc1)c1nc2ccccc2o1. The van der Waals surface area contributed by atoms with Gasteiger partial charge < -0.3 is 10.3 Å². The van der Waals surface area contributed by atoms with Gasteiger partial charge in [-0.25, -0.2) is 10.9 Å². The zero-order chi connectivity index (χ0) is 20.0. The average molecular weight is 384 g/mol. The van der Waals surface area contributed by atoms with E-state index in [4.69, 9.17) is 16.1 Å². The maximum absolute atomic E-state index is 12.2. The Kier molecular flexibility index (Phi) is 3.78. The fourth-order valence-corrected chi connectivity index (χ4v) is 3.27. The first-order valence-corrected chi connectivity index (χ1v) is 8.90. The van der Waals surface area contributed by atoms with Crippen LogP contribution in [0.25, 0.3) is 33.1 Å². The first-order valence-electron chi connectivity index (χ1n) is 8.90. The van der Waals surface area contributed by atoms with Crippen molar-refractivity contribution in [2.45, 2.75) is 0 Å². The molecule has 0 aliphatic carbocycles. The van der Waals surface area contributed by atoms with E-state index >= 15 is 0 Å². The Hall–Kier alpha value is -4.17. The molecule has 5 aromatic rings. The summed E-state index contributed by atoms with van der Waals surface area (Å²) in [6, 6.07) is 22.3. The van der Waals surface area contributed by atoms with Gasteiger partial charge in [0.25, 0.3) is 5.56 Å². The Morgan fingerprint density at radius 2 is 1.59 bits per heavy atom. The predicted octanol–water partition coefficient (Wildman–Crippen LogP) is 2.93. The molecule has 0 amide bonds. The molecule has 0 fully saturated rings. The van der Waals surface area contributed by atoms with Crippen LogP contribution in [-0.2, 0) is 0 Å². The van der Waals surface area contributed by atoms with Crippen LogP contribution in [0.15, 0.2) is 82.0 Å². The van der Waals surface area contributed by atoms with E-state index in [0.717, 1.165) is 21.3 Å². The topological polar surface area (TPSA) is 116 Å². The molecule has 0 saturated carbocycles. The van der Waals surface area contributed by atoms with Crippen molar-refractivity contribution in [1.82, 2.24) is 14.9 Å². The highest BCUT2D eigenvalue weighted by Gasteiger charge is 2.14. The van der Waals surface area contributed by atoms with Gasteiger partial charge in [0.2, 0.25) is 0 Å². The van der Waals surface area contributed by atoms with Gasteiger partial charge in [-0.2, -0.15) is 4.98 Å². The fourth-order valence-electron chi connectivity index (χ4n) is 3.27. The number of hydrazine groups is 1. The van der Waals surface area contributed by atoms with E-state index in [1.54, 1.807) is 12.1 Å². The van der Waals surface area contributed by atoms with Crippen LogP contribution in [0.5, 0.6) is 0 Å². The summed E-state index contributed by atoms with van der Waals surface area (Å²) >= 11 is 0. The molecular weight excluding hydrogens is 368 g/mol. The van der Waals surface area contributed by atoms with Crippen molar-refractivity contribution in [2.75, 3.05) is 10.9 Å². The van der Waals surface area contributed by atoms with Gasteiger partial charge >= 0.3 is 6.01 Å². The number of oxazole rings is 1. The zero-order valence-corrected chi connectivity index (χ0v) is 15.2. The van der Waals surface area contributed by atoms with E-state index < -0.39 is 0 Å². The van der Waals surface area contributed by atoms with Crippen LogP contribution in [0.3, 0.4) is 0 Å². The lowest BCUT2D eigenvalue weighted by Gasteiger charge is -2.14. The molecule has 0 radical (unpaired) electrons. The Morgan fingerprint density at radius 1 is 0.897 bits per heavy atom. The van der Waals surface area contributed by atoms with E-state index in [2.05, 4.69) is 10.1 Å². The number of nitrogen functional groups attached to an aromatic ring is 1. The number of para-hydroxylation sites is 2. The number of hydrogen-bond donors (Lipinski definition) is 2. The molecule has 2 heterocycles. The monoisotopic (exact) mass is 384 g/mol. The summed E-state index contributed by atoms with van der Waals surface area (Å²) in [5.74, 6) is 12.0. The van der Waals surface area contributed by atoms with Crippen LogP contribution in [0.2, 0.25) is 0 Å². The highest BCUT2D eigenvalue weighted by atomic mass is 16.4. The molecule has 0 bridgehead atoms. The first-order chi connectivity index (χ1) is 14.1. The normalized spacial score (nSPS) is 11.2. The maximum Gasteiger partial charge on any atom is 0.317 e. The van der Waals surface area contributed by atoms with Crippen LogP contribution in [0.4, 0.5) is 11.7 Å². The highest BCUT2D eigenvalue weighted by Crippen LogP contribution is 2.29. The van der Waals surface area contributed by atoms with Gasteiger partial charge in [-0.05, 0) is 30.3 Å². The molecule has 2 aromatic heterocycles. The second-order valence-electron chi connectivity index (χ2n) is 6.52. The van der Waals surface area contributed by atoms with Crippen molar-refractivity contribution in [3.05, 3.63) is 83.2 Å². The minimum atomic E-state index is -0.343. The van der Waals surface area contributed by atoms with E-state index in [0.29, 0.717) is 22.4 Å². The van der Waals surface area contributed by atoms with Gasteiger partial charge in [0.15, 0.2) is 5.58 Å². The van der Waals surface area contributed by atoms with E-state index in [1.807, 2.05) is 60.7 Å². The van der Waals surface area contributed by atoms with Crippen molar-refractivity contribution in [3.63, 3.8) is 0 Å². The van der Waals surface area contributed by atoms with Crippen molar-refractivity contribution in [3.8, 4) is 11.3 Å². The number of anilines is 2. The molecule has 4 N–H and O–H groups in total. The molecule has 3 aromatic carbocycles. The second-order valence-corrected chi connectivity index (χ2v) is 6.52. The van der Waals surface area contributed by atoms with Crippen molar-refractivity contribution in [1.29, 1.82) is 0 Å². The van der Waals surface area contributed by atoms with Gasteiger partial charge in [0.05, 0.1) is 11.1 Å². The summed E-state index contributed by atoms with van der Waals surface area (Å²) in [5, 5.41) is 6.86. The smallest absolute Gasteiger partial charge is 0.317 e. The average Bonchev–Trinajstić information content (AvgIpc) is 3.20. The third-order valence-corrected chi connectivity index (χ3v) is 4.74. The summed E-state index contributed by atoms with van der Waals surface area (Å²) in [6.45, 7) is 0. The van der Waals surface area contributed by atoms with Gasteiger partial charge in [0, 0.05) is 10.9 Å². The Labute approximate surface area is 164 Å². The molecular formula is C21H16N6O2.